The molecule has 0 bridgehead atoms. The zero-order chi connectivity index (χ0) is 28.6. The maximum absolute atomic E-state index is 4.78. The maximum atomic E-state index is 4.78. The van der Waals surface area contributed by atoms with Crippen LogP contribution >= 0.6 is 0 Å². The normalized spacial score (nSPS) is 14.0. The monoisotopic (exact) mass is 739 g/mol. The molecule has 0 fully saturated rings. The van der Waals surface area contributed by atoms with Gasteiger partial charge in [0.15, 0.2) is 0 Å². The second-order valence-electron chi connectivity index (χ2n) is 12.1. The third-order valence-corrected chi connectivity index (χ3v) is 8.24. The molecule has 0 unspecified atom stereocenters. The Morgan fingerprint density at radius 3 is 2.37 bits per heavy atom. The van der Waals surface area contributed by atoms with Crippen molar-refractivity contribution in [2.75, 3.05) is 16.8 Å². The number of para-hydroxylation sites is 2. The molecule has 6 aromatic rings. The molecule has 216 valence electrons. The van der Waals surface area contributed by atoms with Crippen molar-refractivity contribution in [3.05, 3.63) is 128 Å². The van der Waals surface area contributed by atoms with Crippen LogP contribution < -0.4 is 9.80 Å². The van der Waals surface area contributed by atoms with E-state index in [0.29, 0.717) is 0 Å². The van der Waals surface area contributed by atoms with Gasteiger partial charge in [0.25, 0.3) is 0 Å². The fourth-order valence-electron chi connectivity index (χ4n) is 6.14. The number of hydrogen-bond acceptors (Lipinski definition) is 4. The Hall–Kier alpha value is -4.34. The molecule has 0 radical (unpaired) electrons. The van der Waals surface area contributed by atoms with E-state index < -0.39 is 0 Å². The first kappa shape index (κ1) is 27.5. The summed E-state index contributed by atoms with van der Waals surface area (Å²) in [6.45, 7) is 8.75. The SMILES string of the molecule is CN1C=CN(c2[c-]c(N3c4[c-]c(-c5cc(C(C)(C)C)ccn5)ccc4-n4c5ccccc5c5cccc3c54)ccc2)[CH-]1.[Pt]. The molecule has 5 nitrogen and oxygen atoms in total. The van der Waals surface area contributed by atoms with E-state index >= 15 is 0 Å². The summed E-state index contributed by atoms with van der Waals surface area (Å²) in [4.78, 5) is 11.2. The van der Waals surface area contributed by atoms with Gasteiger partial charge in [-0.2, -0.15) is 12.7 Å². The summed E-state index contributed by atoms with van der Waals surface area (Å²) in [6, 6.07) is 37.8. The molecular formula is C37H30N5Pt-3. The average Bonchev–Trinajstić information content (AvgIpc) is 3.59. The molecule has 0 atom stereocenters. The first-order chi connectivity index (χ1) is 20.4. The maximum Gasteiger partial charge on any atom is 0.0696 e. The van der Waals surface area contributed by atoms with Crippen molar-refractivity contribution in [1.29, 1.82) is 0 Å². The summed E-state index contributed by atoms with van der Waals surface area (Å²) in [6.07, 6.45) is 6.00. The molecule has 0 spiro atoms. The van der Waals surface area contributed by atoms with Gasteiger partial charge in [-0.15, -0.1) is 47.6 Å². The summed E-state index contributed by atoms with van der Waals surface area (Å²) in [5.41, 5.74) is 10.6. The fourth-order valence-corrected chi connectivity index (χ4v) is 6.14. The van der Waals surface area contributed by atoms with Crippen molar-refractivity contribution in [2.45, 2.75) is 26.2 Å². The second-order valence-corrected chi connectivity index (χ2v) is 12.1. The Bertz CT molecular complexity index is 2050. The molecular weight excluding hydrogens is 710 g/mol. The van der Waals surface area contributed by atoms with Gasteiger partial charge in [0.2, 0.25) is 0 Å². The van der Waals surface area contributed by atoms with Crippen LogP contribution in [0.2, 0.25) is 0 Å². The van der Waals surface area contributed by atoms with Crippen LogP contribution in [-0.2, 0) is 26.5 Å². The van der Waals surface area contributed by atoms with E-state index in [1.165, 1.54) is 27.4 Å². The second kappa shape index (κ2) is 10.1. The molecule has 43 heavy (non-hydrogen) atoms. The van der Waals surface area contributed by atoms with Gasteiger partial charge in [0, 0.05) is 43.6 Å². The summed E-state index contributed by atoms with van der Waals surface area (Å²) in [5.74, 6) is 0. The molecule has 0 saturated carbocycles. The van der Waals surface area contributed by atoms with Crippen molar-refractivity contribution in [1.82, 2.24) is 14.5 Å². The van der Waals surface area contributed by atoms with Crippen molar-refractivity contribution >= 4 is 44.6 Å². The Balaban J connectivity index is 0.00000300. The standard InChI is InChI=1S/C37H30N5.Pt/c1-37(2,3)26-17-18-38-31(22-26)25-15-16-33-35(21-25)41(28-10-7-9-27(23-28)40-20-19-39(4)24-40)34-14-8-12-30-29-11-5-6-13-32(29)42(33)36(30)34;/h5-20,22,24H,1-4H3;/q-3;. The summed E-state index contributed by atoms with van der Waals surface area (Å²) in [7, 11) is 2.03. The molecule has 0 aliphatic carbocycles. The van der Waals surface area contributed by atoms with Gasteiger partial charge < -0.3 is 24.3 Å². The minimum absolute atomic E-state index is 0. The van der Waals surface area contributed by atoms with Crippen LogP contribution in [0.1, 0.15) is 26.3 Å². The van der Waals surface area contributed by atoms with E-state index in [1.54, 1.807) is 0 Å². The Morgan fingerprint density at radius 1 is 0.767 bits per heavy atom. The Labute approximate surface area is 266 Å². The molecule has 0 amide bonds. The number of rotatable bonds is 3. The summed E-state index contributed by atoms with van der Waals surface area (Å²) in [5, 5.41) is 2.47. The van der Waals surface area contributed by atoms with E-state index in [-0.39, 0.29) is 26.5 Å². The Morgan fingerprint density at radius 2 is 1.56 bits per heavy atom. The van der Waals surface area contributed by atoms with Crippen molar-refractivity contribution < 1.29 is 21.1 Å². The van der Waals surface area contributed by atoms with Gasteiger partial charge >= 0.3 is 0 Å². The van der Waals surface area contributed by atoms with Gasteiger partial charge in [-0.3, -0.25) is 0 Å². The van der Waals surface area contributed by atoms with Gasteiger partial charge in [-0.25, -0.2) is 0 Å². The minimum atomic E-state index is 0. The number of fused-ring (bicyclic) bond motifs is 5. The number of hydrogen-bond donors (Lipinski definition) is 0. The van der Waals surface area contributed by atoms with Crippen LogP contribution in [-0.4, -0.2) is 21.5 Å². The van der Waals surface area contributed by atoms with Crippen LogP contribution in [0.25, 0.3) is 38.8 Å². The average molecular weight is 740 g/mol. The molecule has 0 N–H and O–H groups in total. The predicted molar refractivity (Wildman–Crippen MR) is 172 cm³/mol. The first-order valence-corrected chi connectivity index (χ1v) is 14.3. The van der Waals surface area contributed by atoms with Crippen molar-refractivity contribution in [3.63, 3.8) is 0 Å². The number of benzene rings is 4. The molecule has 2 aliphatic heterocycles. The van der Waals surface area contributed by atoms with Crippen molar-refractivity contribution in [3.8, 4) is 16.9 Å². The minimum Gasteiger partial charge on any atom is -0.510 e. The van der Waals surface area contributed by atoms with Gasteiger partial charge in [-0.1, -0.05) is 62.9 Å². The zero-order valence-electron chi connectivity index (χ0n) is 24.4. The molecule has 2 aliphatic rings. The molecule has 4 heterocycles. The zero-order valence-corrected chi connectivity index (χ0v) is 26.7. The van der Waals surface area contributed by atoms with Gasteiger partial charge in [-0.05, 0) is 65.7 Å². The fraction of sp³-hybridized carbons (Fsp3) is 0.135. The van der Waals surface area contributed by atoms with Gasteiger partial charge in [0.1, 0.15) is 0 Å². The topological polar surface area (TPSA) is 27.5 Å². The van der Waals surface area contributed by atoms with Crippen LogP contribution in [0.3, 0.4) is 0 Å². The third-order valence-electron chi connectivity index (χ3n) is 8.24. The quantitative estimate of drug-likeness (QED) is 0.169. The van der Waals surface area contributed by atoms with Crippen LogP contribution in [0.4, 0.5) is 22.7 Å². The summed E-state index contributed by atoms with van der Waals surface area (Å²) < 4.78 is 2.39. The molecule has 4 aromatic carbocycles. The third kappa shape index (κ3) is 4.37. The van der Waals surface area contributed by atoms with Crippen LogP contribution in [0, 0.1) is 18.8 Å². The number of nitrogens with zero attached hydrogens (tertiary/aromatic N) is 5. The van der Waals surface area contributed by atoms with E-state index in [1.807, 2.05) is 24.3 Å². The van der Waals surface area contributed by atoms with Crippen LogP contribution in [0.15, 0.2) is 104 Å². The molecule has 8 rings (SSSR count). The van der Waals surface area contributed by atoms with Gasteiger partial charge in [0.05, 0.1) is 11.2 Å². The smallest absolute Gasteiger partial charge is 0.0696 e. The number of aromatic nitrogens is 2. The molecule has 6 heteroatoms. The predicted octanol–water partition coefficient (Wildman–Crippen LogP) is 8.87. The molecule has 2 aromatic heterocycles. The van der Waals surface area contributed by atoms with Crippen molar-refractivity contribution in [2.24, 2.45) is 0 Å². The number of pyridine rings is 1. The van der Waals surface area contributed by atoms with E-state index in [2.05, 4.69) is 145 Å². The van der Waals surface area contributed by atoms with Crippen LogP contribution in [0.5, 0.6) is 0 Å². The Kier molecular flexibility index (Phi) is 6.48. The largest absolute Gasteiger partial charge is 0.510 e. The van der Waals surface area contributed by atoms with E-state index in [0.717, 1.165) is 39.7 Å². The van der Waals surface area contributed by atoms with E-state index in [9.17, 15) is 0 Å². The summed E-state index contributed by atoms with van der Waals surface area (Å²) >= 11 is 0. The molecule has 0 saturated heterocycles. The first-order valence-electron chi connectivity index (χ1n) is 14.3. The number of anilines is 4. The van der Waals surface area contributed by atoms with E-state index in [4.69, 9.17) is 4.98 Å².